The van der Waals surface area contributed by atoms with Crippen molar-refractivity contribution in [3.05, 3.63) is 112 Å². The van der Waals surface area contributed by atoms with Crippen LogP contribution in [0.15, 0.2) is 106 Å². The predicted octanol–water partition coefficient (Wildman–Crippen LogP) is 7.49. The number of carbonyl (C=O) groups excluding carboxylic acids is 2. The Morgan fingerprint density at radius 3 is 2.11 bits per heavy atom. The largest absolute Gasteiger partial charge is 0.274 e. The number of amides is 2. The third-order valence-electron chi connectivity index (χ3n) is 9.38. The van der Waals surface area contributed by atoms with Gasteiger partial charge in [0.15, 0.2) is 0 Å². The van der Waals surface area contributed by atoms with Crippen LogP contribution in [0.2, 0.25) is 0 Å². The lowest BCUT2D eigenvalue weighted by Gasteiger charge is -2.44. The van der Waals surface area contributed by atoms with E-state index in [1.807, 2.05) is 66.0 Å². The van der Waals surface area contributed by atoms with Gasteiger partial charge in [0.05, 0.1) is 17.5 Å². The molecule has 2 aliphatic carbocycles. The van der Waals surface area contributed by atoms with Gasteiger partial charge in [0.2, 0.25) is 11.8 Å². The average Bonchev–Trinajstić information content (AvgIpc) is 3.68. The lowest BCUT2D eigenvalue weighted by atomic mass is 9.68. The van der Waals surface area contributed by atoms with Crippen molar-refractivity contribution in [2.24, 2.45) is 29.6 Å². The number of imide groups is 1. The molecule has 2 saturated carbocycles. The molecule has 3 aromatic carbocycles. The second kappa shape index (κ2) is 8.49. The molecule has 38 heavy (non-hydrogen) atoms. The van der Waals surface area contributed by atoms with Gasteiger partial charge >= 0.3 is 0 Å². The van der Waals surface area contributed by atoms with Gasteiger partial charge in [-0.05, 0) is 57.9 Å². The average molecular weight is 534 g/mol. The van der Waals surface area contributed by atoms with E-state index in [1.54, 1.807) is 0 Å². The van der Waals surface area contributed by atoms with Crippen molar-refractivity contribution in [1.82, 2.24) is 0 Å². The fourth-order valence-electron chi connectivity index (χ4n) is 8.00. The number of fused-ring (bicyclic) bond motifs is 8. The highest BCUT2D eigenvalue weighted by Crippen LogP contribution is 2.71. The summed E-state index contributed by atoms with van der Waals surface area (Å²) in [6.45, 7) is 4.30. The maximum Gasteiger partial charge on any atom is 0.238 e. The molecule has 1 saturated heterocycles. The van der Waals surface area contributed by atoms with Gasteiger partial charge in [0, 0.05) is 27.4 Å². The van der Waals surface area contributed by atoms with Crippen molar-refractivity contribution in [3.63, 3.8) is 0 Å². The molecule has 0 aromatic heterocycles. The summed E-state index contributed by atoms with van der Waals surface area (Å²) in [7, 11) is 0. The highest BCUT2D eigenvalue weighted by molar-refractivity contribution is 8.10. The summed E-state index contributed by atoms with van der Waals surface area (Å²) in [5.41, 5.74) is 4.26. The van der Waals surface area contributed by atoms with Gasteiger partial charge in [0.1, 0.15) is 0 Å². The molecule has 188 valence electrons. The SMILES string of the molecule is C=C1CC2=C(S1)[C@H](c1ccccc1)[C@H]1[C@H]3C[C@@H]([C@H]1S2)[C@H]1C(=O)N(c2ccc(-c4ccccc4)cc2)C(=O)[C@@H]31. The summed E-state index contributed by atoms with van der Waals surface area (Å²) in [5, 5.41) is 0.383. The Morgan fingerprint density at radius 1 is 0.763 bits per heavy atom. The molecule has 3 aliphatic heterocycles. The normalized spacial score (nSPS) is 33.1. The molecule has 5 heteroatoms. The molecule has 3 heterocycles. The highest BCUT2D eigenvalue weighted by atomic mass is 32.2. The number of anilines is 1. The minimum Gasteiger partial charge on any atom is -0.274 e. The Morgan fingerprint density at radius 2 is 1.39 bits per heavy atom. The maximum atomic E-state index is 14.0. The summed E-state index contributed by atoms with van der Waals surface area (Å²) in [6.07, 6.45) is 1.93. The topological polar surface area (TPSA) is 37.4 Å². The van der Waals surface area contributed by atoms with E-state index < -0.39 is 0 Å². The molecule has 3 nitrogen and oxygen atoms in total. The molecule has 0 radical (unpaired) electrons. The lowest BCUT2D eigenvalue weighted by Crippen LogP contribution is -2.42. The van der Waals surface area contributed by atoms with Crippen LogP contribution < -0.4 is 4.90 Å². The quantitative estimate of drug-likeness (QED) is 0.327. The summed E-state index contributed by atoms with van der Waals surface area (Å²) in [6, 6.07) is 28.9. The van der Waals surface area contributed by atoms with Gasteiger partial charge in [-0.2, -0.15) is 0 Å². The van der Waals surface area contributed by atoms with Crippen molar-refractivity contribution in [3.8, 4) is 11.1 Å². The lowest BCUT2D eigenvalue weighted by molar-refractivity contribution is -0.123. The van der Waals surface area contributed by atoms with E-state index in [1.165, 1.54) is 25.2 Å². The summed E-state index contributed by atoms with van der Waals surface area (Å²) < 4.78 is 0. The number of benzene rings is 3. The van der Waals surface area contributed by atoms with E-state index in [9.17, 15) is 9.59 Å². The van der Waals surface area contributed by atoms with E-state index in [0.29, 0.717) is 22.8 Å². The number of hydrogen-bond acceptors (Lipinski definition) is 4. The molecule has 3 aromatic rings. The third kappa shape index (κ3) is 3.18. The molecule has 7 atom stereocenters. The van der Waals surface area contributed by atoms with Gasteiger partial charge in [0.25, 0.3) is 0 Å². The van der Waals surface area contributed by atoms with E-state index >= 15 is 0 Å². The van der Waals surface area contributed by atoms with Crippen LogP contribution in [0.25, 0.3) is 11.1 Å². The zero-order valence-corrected chi connectivity index (χ0v) is 22.5. The molecule has 8 rings (SSSR count). The van der Waals surface area contributed by atoms with Crippen LogP contribution in [0.3, 0.4) is 0 Å². The predicted molar refractivity (Wildman–Crippen MR) is 155 cm³/mol. The molecule has 0 unspecified atom stereocenters. The Bertz CT molecular complexity index is 1510. The van der Waals surface area contributed by atoms with Crippen LogP contribution in [0.1, 0.15) is 24.3 Å². The minimum absolute atomic E-state index is 0.0125. The fraction of sp³-hybridized carbons (Fsp3) is 0.273. The van der Waals surface area contributed by atoms with Crippen LogP contribution in [0, 0.1) is 29.6 Å². The van der Waals surface area contributed by atoms with E-state index in [-0.39, 0.29) is 35.5 Å². The number of carbonyl (C=O) groups is 2. The molecule has 2 bridgehead atoms. The van der Waals surface area contributed by atoms with E-state index in [4.69, 9.17) is 0 Å². The number of rotatable bonds is 3. The van der Waals surface area contributed by atoms with Crippen LogP contribution in [0.4, 0.5) is 5.69 Å². The zero-order valence-electron chi connectivity index (χ0n) is 20.8. The maximum absolute atomic E-state index is 14.0. The number of allylic oxidation sites excluding steroid dienone is 3. The molecule has 0 N–H and O–H groups in total. The van der Waals surface area contributed by atoms with Gasteiger partial charge in [-0.3, -0.25) is 14.5 Å². The van der Waals surface area contributed by atoms with Crippen molar-refractivity contribution in [2.45, 2.75) is 24.0 Å². The van der Waals surface area contributed by atoms with E-state index in [0.717, 1.165) is 24.0 Å². The number of thioether (sulfide) groups is 2. The van der Waals surface area contributed by atoms with Crippen molar-refractivity contribution in [2.75, 3.05) is 4.90 Å². The van der Waals surface area contributed by atoms with Crippen molar-refractivity contribution >= 4 is 41.0 Å². The first-order valence-corrected chi connectivity index (χ1v) is 15.1. The Hall–Kier alpha value is -3.02. The van der Waals surface area contributed by atoms with E-state index in [2.05, 4.69) is 49.0 Å². The summed E-state index contributed by atoms with van der Waals surface area (Å²) in [5.74, 6) is 0.795. The highest BCUT2D eigenvalue weighted by Gasteiger charge is 2.69. The molecule has 0 spiro atoms. The Kier molecular flexibility index (Phi) is 5.12. The Labute approximate surface area is 231 Å². The van der Waals surface area contributed by atoms with Crippen LogP contribution >= 0.6 is 23.5 Å². The molecule has 5 aliphatic rings. The van der Waals surface area contributed by atoms with Crippen LogP contribution in [-0.4, -0.2) is 17.1 Å². The van der Waals surface area contributed by atoms with Gasteiger partial charge in [-0.1, -0.05) is 91.1 Å². The fourth-order valence-corrected chi connectivity index (χ4v) is 11.3. The first-order valence-electron chi connectivity index (χ1n) is 13.4. The van der Waals surface area contributed by atoms with Gasteiger partial charge < -0.3 is 0 Å². The Balaban J connectivity index is 1.15. The van der Waals surface area contributed by atoms with Crippen molar-refractivity contribution in [1.29, 1.82) is 0 Å². The number of hydrogen-bond donors (Lipinski definition) is 0. The second-order valence-electron chi connectivity index (χ2n) is 11.2. The third-order valence-corrected chi connectivity index (χ3v) is 12.3. The van der Waals surface area contributed by atoms with Crippen LogP contribution in [-0.2, 0) is 9.59 Å². The van der Waals surface area contributed by atoms with Crippen molar-refractivity contribution < 1.29 is 9.59 Å². The van der Waals surface area contributed by atoms with Gasteiger partial charge in [-0.15, -0.1) is 11.8 Å². The standard InChI is InChI=1S/C33H27NO2S2/c1-18-16-25-31(37-18)26(21-10-6-3-7-11-21)27-23-17-24(30(27)38-25)29-28(23)32(35)34(33(29)36)22-14-12-20(13-15-22)19-8-4-2-5-9-19/h2-15,23-24,26-30H,1,16-17H2/t23-,24-,26-,27-,28+,29-,30-/m1/s1. The van der Waals surface area contributed by atoms with Crippen LogP contribution in [0.5, 0.6) is 0 Å². The summed E-state index contributed by atoms with van der Waals surface area (Å²) >= 11 is 3.86. The smallest absolute Gasteiger partial charge is 0.238 e. The molecule has 2 amide bonds. The van der Waals surface area contributed by atoms with Gasteiger partial charge in [-0.25, -0.2) is 0 Å². The first-order chi connectivity index (χ1) is 18.6. The zero-order chi connectivity index (χ0) is 25.5. The summed E-state index contributed by atoms with van der Waals surface area (Å²) in [4.78, 5) is 33.5. The molecular formula is C33H27NO2S2. The minimum atomic E-state index is -0.203. The molecular weight excluding hydrogens is 507 g/mol. The second-order valence-corrected chi connectivity index (χ2v) is 13.7. The number of nitrogens with zero attached hydrogens (tertiary/aromatic N) is 1. The monoisotopic (exact) mass is 533 g/mol. The molecule has 3 fully saturated rings. The first kappa shape index (κ1) is 22.9.